The Labute approximate surface area is 136 Å². The van der Waals surface area contributed by atoms with E-state index >= 15 is 0 Å². The minimum Gasteiger partial charge on any atom is -0.447 e. The molecule has 0 N–H and O–H groups in total. The average Bonchev–Trinajstić information content (AvgIpc) is 2.55. The molecule has 0 aliphatic rings. The summed E-state index contributed by atoms with van der Waals surface area (Å²) < 4.78 is 9.91. The van der Waals surface area contributed by atoms with E-state index in [-0.39, 0.29) is 0 Å². The lowest BCUT2D eigenvalue weighted by atomic mass is 10.0. The van der Waals surface area contributed by atoms with Crippen LogP contribution in [0.5, 0.6) is 5.75 Å². The van der Waals surface area contributed by atoms with E-state index in [1.165, 1.54) is 0 Å². The summed E-state index contributed by atoms with van der Waals surface area (Å²) in [7, 11) is 0. The zero-order chi connectivity index (χ0) is 17.1. The first-order valence-electron chi connectivity index (χ1n) is 7.92. The van der Waals surface area contributed by atoms with Crippen LogP contribution in [-0.4, -0.2) is 18.8 Å². The molecule has 0 aliphatic carbocycles. The van der Waals surface area contributed by atoms with Crippen LogP contribution in [0.1, 0.15) is 45.1 Å². The fourth-order valence-electron chi connectivity index (χ4n) is 1.93. The molecule has 1 rings (SSSR count). The molecule has 2 amide bonds. The Bertz CT molecular complexity index is 526. The summed E-state index contributed by atoms with van der Waals surface area (Å²) in [6.45, 7) is 6.38. The quantitative estimate of drug-likeness (QED) is 0.639. The fraction of sp³-hybridized carbons (Fsp3) is 0.529. The van der Waals surface area contributed by atoms with Crippen molar-refractivity contribution in [3.8, 4) is 5.75 Å². The number of carbonyl (C=O) groups is 2. The van der Waals surface area contributed by atoms with E-state index in [9.17, 15) is 9.59 Å². The molecule has 1 aromatic carbocycles. The van der Waals surface area contributed by atoms with Gasteiger partial charge in [-0.2, -0.15) is 0 Å². The molecule has 1 atom stereocenters. The molecular formula is C17H24N2O4. The van der Waals surface area contributed by atoms with Crippen molar-refractivity contribution < 1.29 is 19.1 Å². The number of nitrogens with zero attached hydrogens (tertiary/aromatic N) is 2. The van der Waals surface area contributed by atoms with Crippen LogP contribution in [0.15, 0.2) is 34.5 Å². The molecule has 6 nitrogen and oxygen atoms in total. The van der Waals surface area contributed by atoms with Crippen molar-refractivity contribution in [2.24, 2.45) is 16.1 Å². The number of hydrogen-bond acceptors (Lipinski definition) is 4. The van der Waals surface area contributed by atoms with Crippen LogP contribution >= 0.6 is 0 Å². The number of aryl methyl sites for hydroxylation is 1. The Morgan fingerprint density at radius 3 is 2.35 bits per heavy atom. The highest BCUT2D eigenvalue weighted by Crippen LogP contribution is 2.14. The SMILES string of the molecule is CCCCC(CC)COC(=O)N=NC(=O)Oc1ccc(C)cc1. The van der Waals surface area contributed by atoms with Crippen LogP contribution in [-0.2, 0) is 4.74 Å². The standard InChI is InChI=1S/C17H24N2O4/c1-4-6-7-14(5-2)12-22-16(20)18-19-17(21)23-15-10-8-13(3)9-11-15/h8-11,14H,4-7,12H2,1-3H3. The van der Waals surface area contributed by atoms with E-state index in [1.54, 1.807) is 24.3 Å². The summed E-state index contributed by atoms with van der Waals surface area (Å²) >= 11 is 0. The van der Waals surface area contributed by atoms with Crippen molar-refractivity contribution in [2.45, 2.75) is 46.5 Å². The summed E-state index contributed by atoms with van der Waals surface area (Å²) in [4.78, 5) is 22.9. The lowest BCUT2D eigenvalue weighted by Crippen LogP contribution is -2.11. The number of unbranched alkanes of at least 4 members (excludes halogenated alkanes) is 1. The van der Waals surface area contributed by atoms with Gasteiger partial charge in [-0.15, -0.1) is 0 Å². The van der Waals surface area contributed by atoms with Crippen molar-refractivity contribution in [3.05, 3.63) is 29.8 Å². The second-order valence-corrected chi connectivity index (χ2v) is 5.37. The predicted molar refractivity (Wildman–Crippen MR) is 86.7 cm³/mol. The highest BCUT2D eigenvalue weighted by Gasteiger charge is 2.10. The van der Waals surface area contributed by atoms with Crippen LogP contribution in [0, 0.1) is 12.8 Å². The normalized spacial score (nSPS) is 12.1. The van der Waals surface area contributed by atoms with Crippen molar-refractivity contribution >= 4 is 12.2 Å². The molecule has 0 bridgehead atoms. The van der Waals surface area contributed by atoms with Crippen molar-refractivity contribution in [1.29, 1.82) is 0 Å². The van der Waals surface area contributed by atoms with Crippen molar-refractivity contribution in [2.75, 3.05) is 6.61 Å². The molecule has 126 valence electrons. The van der Waals surface area contributed by atoms with E-state index in [0.717, 1.165) is 31.2 Å². The van der Waals surface area contributed by atoms with E-state index in [2.05, 4.69) is 24.1 Å². The highest BCUT2D eigenvalue weighted by molar-refractivity contribution is 5.74. The van der Waals surface area contributed by atoms with Crippen LogP contribution in [0.25, 0.3) is 0 Å². The number of ether oxygens (including phenoxy) is 2. The third kappa shape index (κ3) is 8.09. The van der Waals surface area contributed by atoms with Crippen LogP contribution < -0.4 is 4.74 Å². The number of hydrogen-bond donors (Lipinski definition) is 0. The second-order valence-electron chi connectivity index (χ2n) is 5.37. The van der Waals surface area contributed by atoms with Crippen molar-refractivity contribution in [1.82, 2.24) is 0 Å². The van der Waals surface area contributed by atoms with Gasteiger partial charge in [0.1, 0.15) is 5.75 Å². The molecule has 1 unspecified atom stereocenters. The number of azo groups is 1. The van der Waals surface area contributed by atoms with Crippen LogP contribution in [0.2, 0.25) is 0 Å². The van der Waals surface area contributed by atoms with Gasteiger partial charge in [0.05, 0.1) is 6.61 Å². The Balaban J connectivity index is 2.36. The maximum Gasteiger partial charge on any atom is 0.458 e. The van der Waals surface area contributed by atoms with Gasteiger partial charge in [-0.05, 0) is 31.4 Å². The zero-order valence-corrected chi connectivity index (χ0v) is 13.9. The smallest absolute Gasteiger partial charge is 0.447 e. The molecule has 0 aliphatic heterocycles. The third-order valence-electron chi connectivity index (χ3n) is 3.43. The lowest BCUT2D eigenvalue weighted by Gasteiger charge is -2.12. The number of benzene rings is 1. The number of rotatable bonds is 7. The van der Waals surface area contributed by atoms with Gasteiger partial charge in [0, 0.05) is 0 Å². The molecule has 0 heterocycles. The average molecular weight is 320 g/mol. The lowest BCUT2D eigenvalue weighted by molar-refractivity contribution is 0.130. The second kappa shape index (κ2) is 10.5. The van der Waals surface area contributed by atoms with Gasteiger partial charge in [0.2, 0.25) is 0 Å². The van der Waals surface area contributed by atoms with Gasteiger partial charge in [-0.1, -0.05) is 61.0 Å². The molecule has 0 aromatic heterocycles. The van der Waals surface area contributed by atoms with E-state index in [4.69, 9.17) is 9.47 Å². The van der Waals surface area contributed by atoms with Crippen LogP contribution in [0.3, 0.4) is 0 Å². The largest absolute Gasteiger partial charge is 0.458 e. The van der Waals surface area contributed by atoms with Gasteiger partial charge in [-0.25, -0.2) is 9.59 Å². The molecule has 0 saturated carbocycles. The summed E-state index contributed by atoms with van der Waals surface area (Å²) in [5, 5.41) is 6.41. The van der Waals surface area contributed by atoms with Gasteiger partial charge in [-0.3, -0.25) is 0 Å². The Morgan fingerprint density at radius 2 is 1.74 bits per heavy atom. The number of amides is 2. The molecule has 6 heteroatoms. The first-order valence-corrected chi connectivity index (χ1v) is 7.92. The monoisotopic (exact) mass is 320 g/mol. The minimum absolute atomic E-state index is 0.293. The molecule has 23 heavy (non-hydrogen) atoms. The third-order valence-corrected chi connectivity index (χ3v) is 3.43. The zero-order valence-electron chi connectivity index (χ0n) is 13.9. The molecule has 1 aromatic rings. The van der Waals surface area contributed by atoms with Gasteiger partial charge in [0.25, 0.3) is 0 Å². The van der Waals surface area contributed by atoms with E-state index < -0.39 is 12.2 Å². The first kappa shape index (κ1) is 18.8. The fourth-order valence-corrected chi connectivity index (χ4v) is 1.93. The Hall–Kier alpha value is -2.24. The molecular weight excluding hydrogens is 296 g/mol. The molecule has 0 radical (unpaired) electrons. The molecule has 0 fully saturated rings. The maximum absolute atomic E-state index is 11.4. The summed E-state index contributed by atoms with van der Waals surface area (Å²) in [6.07, 6.45) is 2.31. The Morgan fingerprint density at radius 1 is 1.09 bits per heavy atom. The summed E-state index contributed by atoms with van der Waals surface area (Å²) in [5.41, 5.74) is 1.04. The van der Waals surface area contributed by atoms with Crippen LogP contribution in [0.4, 0.5) is 9.59 Å². The topological polar surface area (TPSA) is 77.3 Å². The Kier molecular flexibility index (Phi) is 8.57. The summed E-state index contributed by atoms with van der Waals surface area (Å²) in [6, 6.07) is 6.88. The number of carbonyl (C=O) groups excluding carboxylic acids is 2. The van der Waals surface area contributed by atoms with Gasteiger partial charge in [0.15, 0.2) is 0 Å². The highest BCUT2D eigenvalue weighted by atomic mass is 16.6. The molecule has 0 saturated heterocycles. The van der Waals surface area contributed by atoms with E-state index in [1.807, 2.05) is 6.92 Å². The maximum atomic E-state index is 11.4. The van der Waals surface area contributed by atoms with Gasteiger partial charge >= 0.3 is 12.2 Å². The van der Waals surface area contributed by atoms with Crippen molar-refractivity contribution in [3.63, 3.8) is 0 Å². The summed E-state index contributed by atoms with van der Waals surface area (Å²) in [5.74, 6) is 0.659. The molecule has 0 spiro atoms. The first-order chi connectivity index (χ1) is 11.0. The van der Waals surface area contributed by atoms with Gasteiger partial charge < -0.3 is 9.47 Å². The predicted octanol–water partition coefficient (Wildman–Crippen LogP) is 5.30. The van der Waals surface area contributed by atoms with E-state index in [0.29, 0.717) is 18.3 Å². The minimum atomic E-state index is -0.955.